The third kappa shape index (κ3) is 4.59. The lowest BCUT2D eigenvalue weighted by molar-refractivity contribution is 0.0848. The van der Waals surface area contributed by atoms with E-state index in [-0.39, 0.29) is 12.6 Å². The van der Waals surface area contributed by atoms with E-state index in [4.69, 9.17) is 10.5 Å². The zero-order valence-corrected chi connectivity index (χ0v) is 12.6. The van der Waals surface area contributed by atoms with Crippen molar-refractivity contribution in [3.8, 4) is 5.75 Å². The number of ether oxygens (including phenoxy) is 1. The van der Waals surface area contributed by atoms with Crippen LogP contribution in [0.25, 0.3) is 0 Å². The zero-order chi connectivity index (χ0) is 15.2. The van der Waals surface area contributed by atoms with Gasteiger partial charge in [-0.3, -0.25) is 0 Å². The molecule has 0 bridgehead atoms. The first-order chi connectivity index (χ1) is 10.1. The summed E-state index contributed by atoms with van der Waals surface area (Å²) in [6.45, 7) is 4.25. The number of nitrogens with two attached hydrogens (primary N) is 1. The summed E-state index contributed by atoms with van der Waals surface area (Å²) in [7, 11) is 0. The molecule has 2 aromatic carbocycles. The highest BCUT2D eigenvalue weighted by Gasteiger charge is 2.16. The molecule has 0 radical (unpaired) electrons. The molecule has 0 saturated carbocycles. The molecule has 21 heavy (non-hydrogen) atoms. The van der Waals surface area contributed by atoms with Gasteiger partial charge in [0, 0.05) is 6.04 Å². The Morgan fingerprint density at radius 3 is 2.48 bits per heavy atom. The predicted octanol–water partition coefficient (Wildman–Crippen LogP) is 2.61. The van der Waals surface area contributed by atoms with Gasteiger partial charge in [0.1, 0.15) is 18.5 Å². The van der Waals surface area contributed by atoms with E-state index in [2.05, 4.69) is 6.07 Å². The first kappa shape index (κ1) is 15.5. The molecule has 112 valence electrons. The second kappa shape index (κ2) is 7.25. The average Bonchev–Trinajstić information content (AvgIpc) is 2.47. The summed E-state index contributed by atoms with van der Waals surface area (Å²) in [5.41, 5.74) is 9.43. The quantitative estimate of drug-likeness (QED) is 0.858. The van der Waals surface area contributed by atoms with E-state index < -0.39 is 6.10 Å². The van der Waals surface area contributed by atoms with Crippen LogP contribution in [0.5, 0.6) is 5.75 Å². The van der Waals surface area contributed by atoms with Gasteiger partial charge in [-0.1, -0.05) is 48.0 Å². The molecule has 0 aliphatic carbocycles. The number of benzene rings is 2. The van der Waals surface area contributed by atoms with Gasteiger partial charge >= 0.3 is 0 Å². The summed E-state index contributed by atoms with van der Waals surface area (Å²) in [4.78, 5) is 0. The van der Waals surface area contributed by atoms with Gasteiger partial charge < -0.3 is 15.6 Å². The molecule has 0 saturated heterocycles. The Balaban J connectivity index is 1.87. The minimum Gasteiger partial charge on any atom is -0.491 e. The Labute approximate surface area is 126 Å². The molecular formula is C18H23NO2. The molecule has 0 amide bonds. The summed E-state index contributed by atoms with van der Waals surface area (Å²) in [6.07, 6.45) is -0.0518. The maximum Gasteiger partial charge on any atom is 0.122 e. The first-order valence-corrected chi connectivity index (χ1v) is 7.24. The Bertz CT molecular complexity index is 569. The largest absolute Gasteiger partial charge is 0.491 e. The number of rotatable bonds is 6. The van der Waals surface area contributed by atoms with E-state index in [1.807, 2.05) is 56.3 Å². The third-order valence-corrected chi connectivity index (χ3v) is 3.55. The highest BCUT2D eigenvalue weighted by molar-refractivity contribution is 5.35. The second-order valence-electron chi connectivity index (χ2n) is 5.50. The molecular weight excluding hydrogens is 262 g/mol. The van der Waals surface area contributed by atoms with Gasteiger partial charge in [0.25, 0.3) is 0 Å². The Kier molecular flexibility index (Phi) is 5.37. The number of hydrogen-bond acceptors (Lipinski definition) is 3. The van der Waals surface area contributed by atoms with Gasteiger partial charge in [-0.15, -0.1) is 0 Å². The fourth-order valence-corrected chi connectivity index (χ4v) is 2.28. The molecule has 0 spiro atoms. The number of hydrogen-bond donors (Lipinski definition) is 2. The van der Waals surface area contributed by atoms with Crippen molar-refractivity contribution in [3.63, 3.8) is 0 Å². The first-order valence-electron chi connectivity index (χ1n) is 7.24. The molecule has 2 atom stereocenters. The van der Waals surface area contributed by atoms with Crippen molar-refractivity contribution in [1.29, 1.82) is 0 Å². The third-order valence-electron chi connectivity index (χ3n) is 3.55. The van der Waals surface area contributed by atoms with E-state index in [1.165, 1.54) is 5.56 Å². The maximum absolute atomic E-state index is 10.1. The van der Waals surface area contributed by atoms with Crippen molar-refractivity contribution >= 4 is 0 Å². The van der Waals surface area contributed by atoms with Crippen molar-refractivity contribution in [2.24, 2.45) is 5.73 Å². The minimum atomic E-state index is -0.689. The second-order valence-corrected chi connectivity index (χ2v) is 5.50. The number of aliphatic hydroxyl groups is 1. The van der Waals surface area contributed by atoms with Crippen molar-refractivity contribution in [1.82, 2.24) is 0 Å². The molecule has 0 aromatic heterocycles. The van der Waals surface area contributed by atoms with Crippen LogP contribution >= 0.6 is 0 Å². The summed E-state index contributed by atoms with van der Waals surface area (Å²) in [5, 5.41) is 10.1. The standard InChI is InChI=1S/C18H23NO2/c1-13-8-9-18(14(2)10-13)21-12-17(20)16(19)11-15-6-4-3-5-7-15/h3-10,16-17,20H,11-12,19H2,1-2H3. The SMILES string of the molecule is Cc1ccc(OCC(O)C(N)Cc2ccccc2)c(C)c1. The van der Waals surface area contributed by atoms with Crippen LogP contribution in [0.1, 0.15) is 16.7 Å². The molecule has 0 aliphatic rings. The normalized spacial score (nSPS) is 13.7. The Hall–Kier alpha value is -1.84. The molecule has 0 aliphatic heterocycles. The smallest absolute Gasteiger partial charge is 0.122 e. The molecule has 2 unspecified atom stereocenters. The van der Waals surface area contributed by atoms with E-state index in [0.29, 0.717) is 6.42 Å². The fourth-order valence-electron chi connectivity index (χ4n) is 2.28. The van der Waals surface area contributed by atoms with Crippen molar-refractivity contribution in [2.45, 2.75) is 32.4 Å². The van der Waals surface area contributed by atoms with Crippen LogP contribution in [0.15, 0.2) is 48.5 Å². The lowest BCUT2D eigenvalue weighted by atomic mass is 10.0. The molecule has 3 heteroatoms. The van der Waals surface area contributed by atoms with E-state index in [1.54, 1.807) is 0 Å². The molecule has 0 heterocycles. The highest BCUT2D eigenvalue weighted by atomic mass is 16.5. The van der Waals surface area contributed by atoms with Gasteiger partial charge in [0.05, 0.1) is 0 Å². The summed E-state index contributed by atoms with van der Waals surface area (Å²) in [6, 6.07) is 15.6. The number of aryl methyl sites for hydroxylation is 2. The van der Waals surface area contributed by atoms with E-state index >= 15 is 0 Å². The highest BCUT2D eigenvalue weighted by Crippen LogP contribution is 2.19. The molecule has 3 N–H and O–H groups in total. The molecule has 0 fully saturated rings. The minimum absolute atomic E-state index is 0.206. The van der Waals surface area contributed by atoms with Gasteiger partial charge in [0.15, 0.2) is 0 Å². The van der Waals surface area contributed by atoms with Crippen molar-refractivity contribution in [3.05, 3.63) is 65.2 Å². The van der Waals surface area contributed by atoms with Crippen LogP contribution in [0, 0.1) is 13.8 Å². The Morgan fingerprint density at radius 2 is 1.81 bits per heavy atom. The van der Waals surface area contributed by atoms with Crippen LogP contribution in [-0.2, 0) is 6.42 Å². The molecule has 2 aromatic rings. The van der Waals surface area contributed by atoms with E-state index in [9.17, 15) is 5.11 Å². The lowest BCUT2D eigenvalue weighted by Gasteiger charge is -2.20. The summed E-state index contributed by atoms with van der Waals surface area (Å²) < 4.78 is 5.68. The molecule has 2 rings (SSSR count). The average molecular weight is 285 g/mol. The molecule has 3 nitrogen and oxygen atoms in total. The van der Waals surface area contributed by atoms with Crippen molar-refractivity contribution < 1.29 is 9.84 Å². The van der Waals surface area contributed by atoms with Crippen LogP contribution < -0.4 is 10.5 Å². The van der Waals surface area contributed by atoms with Gasteiger partial charge in [-0.25, -0.2) is 0 Å². The van der Waals surface area contributed by atoms with Gasteiger partial charge in [-0.05, 0) is 37.5 Å². The summed E-state index contributed by atoms with van der Waals surface area (Å²) in [5.74, 6) is 0.798. The maximum atomic E-state index is 10.1. The van der Waals surface area contributed by atoms with Crippen LogP contribution in [0.2, 0.25) is 0 Å². The van der Waals surface area contributed by atoms with Crippen LogP contribution in [0.4, 0.5) is 0 Å². The van der Waals surface area contributed by atoms with E-state index in [0.717, 1.165) is 16.9 Å². The lowest BCUT2D eigenvalue weighted by Crippen LogP contribution is -2.40. The van der Waals surface area contributed by atoms with Gasteiger partial charge in [-0.2, -0.15) is 0 Å². The van der Waals surface area contributed by atoms with Gasteiger partial charge in [0.2, 0.25) is 0 Å². The van der Waals surface area contributed by atoms with Crippen LogP contribution in [0.3, 0.4) is 0 Å². The Morgan fingerprint density at radius 1 is 1.10 bits per heavy atom. The fraction of sp³-hybridized carbons (Fsp3) is 0.333. The van der Waals surface area contributed by atoms with Crippen molar-refractivity contribution in [2.75, 3.05) is 6.61 Å². The predicted molar refractivity (Wildman–Crippen MR) is 85.5 cm³/mol. The van der Waals surface area contributed by atoms with Crippen LogP contribution in [-0.4, -0.2) is 23.9 Å². The zero-order valence-electron chi connectivity index (χ0n) is 12.6. The number of aliphatic hydroxyl groups excluding tert-OH is 1. The topological polar surface area (TPSA) is 55.5 Å². The monoisotopic (exact) mass is 285 g/mol. The summed E-state index contributed by atoms with van der Waals surface area (Å²) >= 11 is 0.